The van der Waals surface area contributed by atoms with Gasteiger partial charge in [0.2, 0.25) is 0 Å². The van der Waals surface area contributed by atoms with Gasteiger partial charge in [0.05, 0.1) is 6.20 Å². The molecular formula is C14H16N6. The molecule has 0 unspecified atom stereocenters. The molecular weight excluding hydrogens is 252 g/mol. The zero-order chi connectivity index (χ0) is 13.9. The SMILES string of the molecule is CCN(Cc1cnn(C)c1)c1ccc2nccnc2n1. The summed E-state index contributed by atoms with van der Waals surface area (Å²) in [6, 6.07) is 3.94. The third-order valence-electron chi connectivity index (χ3n) is 3.15. The monoisotopic (exact) mass is 268 g/mol. The molecule has 0 radical (unpaired) electrons. The van der Waals surface area contributed by atoms with E-state index in [2.05, 4.69) is 31.9 Å². The summed E-state index contributed by atoms with van der Waals surface area (Å²) in [7, 11) is 1.92. The smallest absolute Gasteiger partial charge is 0.180 e. The molecule has 0 saturated heterocycles. The van der Waals surface area contributed by atoms with Crippen LogP contribution in [0.1, 0.15) is 12.5 Å². The summed E-state index contributed by atoms with van der Waals surface area (Å²) in [4.78, 5) is 15.3. The van der Waals surface area contributed by atoms with E-state index in [0.717, 1.165) is 30.0 Å². The Kier molecular flexibility index (Phi) is 3.28. The van der Waals surface area contributed by atoms with Gasteiger partial charge in [-0.05, 0) is 19.1 Å². The molecule has 0 atom stereocenters. The van der Waals surface area contributed by atoms with Gasteiger partial charge < -0.3 is 4.90 Å². The highest BCUT2D eigenvalue weighted by molar-refractivity contribution is 5.71. The third-order valence-corrected chi connectivity index (χ3v) is 3.15. The average molecular weight is 268 g/mol. The lowest BCUT2D eigenvalue weighted by atomic mass is 10.3. The van der Waals surface area contributed by atoms with Crippen LogP contribution in [0.5, 0.6) is 0 Å². The minimum atomic E-state index is 0.676. The molecule has 3 heterocycles. The van der Waals surface area contributed by atoms with Crippen LogP contribution in [0.2, 0.25) is 0 Å². The van der Waals surface area contributed by atoms with Crippen molar-refractivity contribution in [1.29, 1.82) is 0 Å². The zero-order valence-corrected chi connectivity index (χ0v) is 11.6. The fourth-order valence-electron chi connectivity index (χ4n) is 2.15. The Bertz CT molecular complexity index is 720. The van der Waals surface area contributed by atoms with Gasteiger partial charge in [-0.15, -0.1) is 0 Å². The van der Waals surface area contributed by atoms with E-state index in [0.29, 0.717) is 5.65 Å². The molecule has 0 amide bonds. The van der Waals surface area contributed by atoms with Gasteiger partial charge in [-0.25, -0.2) is 9.97 Å². The summed E-state index contributed by atoms with van der Waals surface area (Å²) in [5.41, 5.74) is 2.65. The second kappa shape index (κ2) is 5.24. The van der Waals surface area contributed by atoms with E-state index in [-0.39, 0.29) is 0 Å². The first kappa shape index (κ1) is 12.5. The van der Waals surface area contributed by atoms with Gasteiger partial charge >= 0.3 is 0 Å². The maximum atomic E-state index is 4.57. The maximum absolute atomic E-state index is 4.57. The number of hydrogen-bond donors (Lipinski definition) is 0. The van der Waals surface area contributed by atoms with Gasteiger partial charge in [0, 0.05) is 44.3 Å². The number of rotatable bonds is 4. The van der Waals surface area contributed by atoms with Crippen LogP contribution in [0, 0.1) is 0 Å². The number of anilines is 1. The van der Waals surface area contributed by atoms with Crippen molar-refractivity contribution in [2.24, 2.45) is 7.05 Å². The van der Waals surface area contributed by atoms with Crippen LogP contribution in [0.15, 0.2) is 36.9 Å². The lowest BCUT2D eigenvalue weighted by Crippen LogP contribution is -2.22. The highest BCUT2D eigenvalue weighted by Crippen LogP contribution is 2.17. The Hall–Kier alpha value is -2.50. The summed E-state index contributed by atoms with van der Waals surface area (Å²) >= 11 is 0. The summed E-state index contributed by atoms with van der Waals surface area (Å²) in [5.74, 6) is 0.907. The molecule has 0 N–H and O–H groups in total. The normalized spacial score (nSPS) is 10.9. The first-order valence-corrected chi connectivity index (χ1v) is 6.56. The number of hydrogen-bond acceptors (Lipinski definition) is 5. The lowest BCUT2D eigenvalue weighted by molar-refractivity contribution is 0.764. The third kappa shape index (κ3) is 2.45. The van der Waals surface area contributed by atoms with Crippen molar-refractivity contribution in [3.05, 3.63) is 42.5 Å². The molecule has 0 aliphatic heterocycles. The van der Waals surface area contributed by atoms with Gasteiger partial charge in [0.1, 0.15) is 11.3 Å². The van der Waals surface area contributed by atoms with Gasteiger partial charge in [-0.1, -0.05) is 0 Å². The van der Waals surface area contributed by atoms with Crippen LogP contribution in [0.25, 0.3) is 11.2 Å². The second-order valence-corrected chi connectivity index (χ2v) is 4.60. The molecule has 0 saturated carbocycles. The maximum Gasteiger partial charge on any atom is 0.180 e. The molecule has 20 heavy (non-hydrogen) atoms. The Labute approximate surface area is 117 Å². The van der Waals surface area contributed by atoms with E-state index >= 15 is 0 Å². The Morgan fingerprint density at radius 1 is 1.20 bits per heavy atom. The van der Waals surface area contributed by atoms with Crippen LogP contribution < -0.4 is 4.90 Å². The molecule has 0 bridgehead atoms. The van der Waals surface area contributed by atoms with Crippen LogP contribution in [-0.4, -0.2) is 31.3 Å². The average Bonchev–Trinajstić information content (AvgIpc) is 2.89. The van der Waals surface area contributed by atoms with Crippen molar-refractivity contribution in [3.63, 3.8) is 0 Å². The van der Waals surface area contributed by atoms with E-state index in [4.69, 9.17) is 0 Å². The molecule has 3 aromatic heterocycles. The Morgan fingerprint density at radius 2 is 2.05 bits per heavy atom. The molecule has 6 nitrogen and oxygen atoms in total. The standard InChI is InChI=1S/C14H16N6/c1-3-20(10-11-8-17-19(2)9-11)13-5-4-12-14(18-13)16-7-6-15-12/h4-9H,3,10H2,1-2H3. The van der Waals surface area contributed by atoms with Crippen molar-refractivity contribution < 1.29 is 0 Å². The van der Waals surface area contributed by atoms with Crippen molar-refractivity contribution in [2.45, 2.75) is 13.5 Å². The predicted molar refractivity (Wildman–Crippen MR) is 77.3 cm³/mol. The molecule has 6 heteroatoms. The summed E-state index contributed by atoms with van der Waals surface area (Å²) in [6.45, 7) is 3.76. The van der Waals surface area contributed by atoms with Crippen molar-refractivity contribution in [1.82, 2.24) is 24.7 Å². The Morgan fingerprint density at radius 3 is 2.80 bits per heavy atom. The largest absolute Gasteiger partial charge is 0.352 e. The quantitative estimate of drug-likeness (QED) is 0.722. The molecule has 0 spiro atoms. The van der Waals surface area contributed by atoms with Crippen molar-refractivity contribution >= 4 is 17.0 Å². The topological polar surface area (TPSA) is 59.7 Å². The molecule has 0 aliphatic rings. The van der Waals surface area contributed by atoms with Gasteiger partial charge in [-0.3, -0.25) is 9.67 Å². The Balaban J connectivity index is 1.90. The lowest BCUT2D eigenvalue weighted by Gasteiger charge is -2.21. The summed E-state index contributed by atoms with van der Waals surface area (Å²) in [6.07, 6.45) is 7.24. The van der Waals surface area contributed by atoms with Crippen LogP contribution in [0.3, 0.4) is 0 Å². The van der Waals surface area contributed by atoms with E-state index in [1.807, 2.05) is 36.3 Å². The van der Waals surface area contributed by atoms with Crippen LogP contribution in [-0.2, 0) is 13.6 Å². The van der Waals surface area contributed by atoms with Crippen molar-refractivity contribution in [2.75, 3.05) is 11.4 Å². The fraction of sp³-hybridized carbons (Fsp3) is 0.286. The number of nitrogens with zero attached hydrogens (tertiary/aromatic N) is 6. The summed E-state index contributed by atoms with van der Waals surface area (Å²) < 4.78 is 1.81. The van der Waals surface area contributed by atoms with Gasteiger partial charge in [0.15, 0.2) is 5.65 Å². The van der Waals surface area contributed by atoms with Crippen LogP contribution in [0.4, 0.5) is 5.82 Å². The predicted octanol–water partition coefficient (Wildman–Crippen LogP) is 1.78. The van der Waals surface area contributed by atoms with Gasteiger partial charge in [-0.2, -0.15) is 5.10 Å². The molecule has 3 rings (SSSR count). The van der Waals surface area contributed by atoms with E-state index in [1.54, 1.807) is 12.4 Å². The molecule has 0 aliphatic carbocycles. The molecule has 3 aromatic rings. The van der Waals surface area contributed by atoms with E-state index in [1.165, 1.54) is 0 Å². The minimum Gasteiger partial charge on any atom is -0.352 e. The number of aromatic nitrogens is 5. The minimum absolute atomic E-state index is 0.676. The van der Waals surface area contributed by atoms with E-state index in [9.17, 15) is 0 Å². The van der Waals surface area contributed by atoms with Crippen LogP contribution >= 0.6 is 0 Å². The molecule has 0 fully saturated rings. The summed E-state index contributed by atoms with van der Waals surface area (Å²) in [5, 5.41) is 4.19. The number of fused-ring (bicyclic) bond motifs is 1. The molecule has 0 aromatic carbocycles. The zero-order valence-electron chi connectivity index (χ0n) is 11.6. The molecule has 102 valence electrons. The fourth-order valence-corrected chi connectivity index (χ4v) is 2.15. The van der Waals surface area contributed by atoms with Gasteiger partial charge in [0.25, 0.3) is 0 Å². The first-order chi connectivity index (χ1) is 9.76. The number of pyridine rings is 1. The second-order valence-electron chi connectivity index (χ2n) is 4.60. The highest BCUT2D eigenvalue weighted by atomic mass is 15.2. The van der Waals surface area contributed by atoms with E-state index < -0.39 is 0 Å². The first-order valence-electron chi connectivity index (χ1n) is 6.56. The number of aryl methyl sites for hydroxylation is 1. The highest BCUT2D eigenvalue weighted by Gasteiger charge is 2.09. The van der Waals surface area contributed by atoms with Crippen molar-refractivity contribution in [3.8, 4) is 0 Å².